The Morgan fingerprint density at radius 3 is 2.86 bits per heavy atom. The predicted octanol–water partition coefficient (Wildman–Crippen LogP) is 3.25. The van der Waals surface area contributed by atoms with Crippen molar-refractivity contribution in [2.75, 3.05) is 34.1 Å². The van der Waals surface area contributed by atoms with Crippen LogP contribution in [0.1, 0.15) is 37.7 Å². The minimum atomic E-state index is -0.227. The van der Waals surface area contributed by atoms with Gasteiger partial charge in [-0.05, 0) is 31.5 Å². The van der Waals surface area contributed by atoms with Gasteiger partial charge in [-0.2, -0.15) is 0 Å². The van der Waals surface area contributed by atoms with Crippen LogP contribution >= 0.6 is 0 Å². The second kappa shape index (κ2) is 10.2. The monoisotopic (exact) mass is 480 g/mol. The highest BCUT2D eigenvalue weighted by Crippen LogP contribution is 2.32. The van der Waals surface area contributed by atoms with Crippen LogP contribution in [0.3, 0.4) is 0 Å². The Bertz CT molecular complexity index is 1300. The topological polar surface area (TPSA) is 130 Å². The molecule has 10 heteroatoms. The van der Waals surface area contributed by atoms with Crippen LogP contribution in [0.5, 0.6) is 5.75 Å². The second-order valence-corrected chi connectivity index (χ2v) is 8.16. The minimum absolute atomic E-state index is 0.152. The Kier molecular flexibility index (Phi) is 7.04. The number of benzene rings is 1. The van der Waals surface area contributed by atoms with Gasteiger partial charge < -0.3 is 39.2 Å². The lowest BCUT2D eigenvalue weighted by Gasteiger charge is -2.21. The second-order valence-electron chi connectivity index (χ2n) is 8.16. The number of carbonyl (C=O) groups excluding carboxylic acids is 2. The average molecular weight is 481 g/mol. The Morgan fingerprint density at radius 2 is 2.14 bits per heavy atom. The fourth-order valence-corrected chi connectivity index (χ4v) is 4.21. The van der Waals surface area contributed by atoms with E-state index in [1.807, 2.05) is 6.92 Å². The van der Waals surface area contributed by atoms with Crippen molar-refractivity contribution in [3.63, 3.8) is 0 Å². The SMILES string of the molecule is CNC(=O)c1c(C)oc2cc(O/C(=C/C=N)c3[nH]cc(C(=O)N4COCC4COC)c3C)ccc12. The van der Waals surface area contributed by atoms with Gasteiger partial charge in [-0.1, -0.05) is 0 Å². The van der Waals surface area contributed by atoms with E-state index in [2.05, 4.69) is 10.3 Å². The van der Waals surface area contributed by atoms with Gasteiger partial charge in [0.2, 0.25) is 0 Å². The molecular weight excluding hydrogens is 452 g/mol. The van der Waals surface area contributed by atoms with Crippen molar-refractivity contribution >= 4 is 34.8 Å². The average Bonchev–Trinajstić information content (AvgIpc) is 3.54. The predicted molar refractivity (Wildman–Crippen MR) is 130 cm³/mol. The molecule has 0 saturated carbocycles. The molecule has 0 radical (unpaired) electrons. The first-order valence-corrected chi connectivity index (χ1v) is 11.1. The first kappa shape index (κ1) is 24.2. The lowest BCUT2D eigenvalue weighted by molar-refractivity contribution is 0.0592. The summed E-state index contributed by atoms with van der Waals surface area (Å²) in [6.07, 6.45) is 4.23. The molecule has 4 rings (SSSR count). The number of fused-ring (bicyclic) bond motifs is 1. The highest BCUT2D eigenvalue weighted by Gasteiger charge is 2.32. The number of aromatic nitrogens is 1. The van der Waals surface area contributed by atoms with Crippen molar-refractivity contribution in [1.29, 1.82) is 5.41 Å². The van der Waals surface area contributed by atoms with Crippen molar-refractivity contribution in [3.05, 3.63) is 58.6 Å². The van der Waals surface area contributed by atoms with Gasteiger partial charge in [-0.15, -0.1) is 0 Å². The Labute approximate surface area is 202 Å². The molecule has 184 valence electrons. The van der Waals surface area contributed by atoms with E-state index in [-0.39, 0.29) is 24.6 Å². The molecule has 1 atom stereocenters. The third-order valence-corrected chi connectivity index (χ3v) is 5.97. The molecule has 1 aromatic carbocycles. The number of ether oxygens (including phenoxy) is 3. The van der Waals surface area contributed by atoms with Crippen molar-refractivity contribution in [1.82, 2.24) is 15.2 Å². The number of allylic oxidation sites excluding steroid dienone is 1. The van der Waals surface area contributed by atoms with Crippen molar-refractivity contribution in [2.24, 2.45) is 0 Å². The standard InChI is InChI=1S/C25H28N4O6/c1-14-19(25(31)29-13-33-12-16(29)11-32-4)10-28-23(14)20(7-8-26)35-17-5-6-18-21(9-17)34-15(2)22(18)24(30)27-3/h5-10,16,26,28H,11-13H2,1-4H3,(H,27,30)/b20-7+,26-8?. The molecule has 35 heavy (non-hydrogen) atoms. The van der Waals surface area contributed by atoms with E-state index in [4.69, 9.17) is 24.0 Å². The number of rotatable bonds is 8. The summed E-state index contributed by atoms with van der Waals surface area (Å²) in [6, 6.07) is 5.02. The third kappa shape index (κ3) is 4.58. The molecule has 0 aliphatic carbocycles. The normalized spacial score (nSPS) is 16.1. The number of hydrogen-bond donors (Lipinski definition) is 3. The summed E-state index contributed by atoms with van der Waals surface area (Å²) in [5, 5.41) is 10.9. The van der Waals surface area contributed by atoms with Crippen LogP contribution in [0.4, 0.5) is 0 Å². The molecule has 0 spiro atoms. The number of aryl methyl sites for hydroxylation is 1. The number of furan rings is 1. The first-order valence-electron chi connectivity index (χ1n) is 11.1. The number of methoxy groups -OCH3 is 1. The molecule has 0 bridgehead atoms. The maximum Gasteiger partial charge on any atom is 0.257 e. The zero-order valence-corrected chi connectivity index (χ0v) is 20.1. The molecule has 3 heterocycles. The Balaban J connectivity index is 1.62. The van der Waals surface area contributed by atoms with Gasteiger partial charge in [-0.3, -0.25) is 9.59 Å². The van der Waals surface area contributed by atoms with E-state index < -0.39 is 0 Å². The summed E-state index contributed by atoms with van der Waals surface area (Å²) in [6.45, 7) is 4.56. The molecule has 1 aliphatic heterocycles. The third-order valence-electron chi connectivity index (χ3n) is 5.97. The van der Waals surface area contributed by atoms with Crippen LogP contribution in [0.25, 0.3) is 16.7 Å². The fourth-order valence-electron chi connectivity index (χ4n) is 4.21. The number of nitrogens with zero attached hydrogens (tertiary/aromatic N) is 1. The summed E-state index contributed by atoms with van der Waals surface area (Å²) >= 11 is 0. The lowest BCUT2D eigenvalue weighted by Crippen LogP contribution is -2.39. The summed E-state index contributed by atoms with van der Waals surface area (Å²) in [5.74, 6) is 0.921. The van der Waals surface area contributed by atoms with Gasteiger partial charge in [0.25, 0.3) is 11.8 Å². The van der Waals surface area contributed by atoms with Crippen LogP contribution in [0, 0.1) is 19.3 Å². The quantitative estimate of drug-likeness (QED) is 0.335. The lowest BCUT2D eigenvalue weighted by atomic mass is 10.1. The van der Waals surface area contributed by atoms with Crippen molar-refractivity contribution in [3.8, 4) is 5.75 Å². The van der Waals surface area contributed by atoms with E-state index in [1.54, 1.807) is 50.4 Å². The number of aromatic amines is 1. The van der Waals surface area contributed by atoms with Gasteiger partial charge in [0.1, 0.15) is 23.8 Å². The van der Waals surface area contributed by atoms with Crippen LogP contribution in [-0.2, 0) is 9.47 Å². The summed E-state index contributed by atoms with van der Waals surface area (Å²) in [4.78, 5) is 30.1. The number of H-pyrrole nitrogens is 1. The molecule has 3 aromatic rings. The van der Waals surface area contributed by atoms with E-state index in [0.29, 0.717) is 63.8 Å². The van der Waals surface area contributed by atoms with Crippen LogP contribution in [-0.4, -0.2) is 68.1 Å². The molecule has 3 N–H and O–H groups in total. The number of amides is 2. The van der Waals surface area contributed by atoms with Gasteiger partial charge in [0.05, 0.1) is 36.1 Å². The zero-order valence-electron chi connectivity index (χ0n) is 20.1. The summed E-state index contributed by atoms with van der Waals surface area (Å²) in [5.41, 5.74) is 2.72. The minimum Gasteiger partial charge on any atom is -0.460 e. The van der Waals surface area contributed by atoms with Gasteiger partial charge in [0.15, 0.2) is 5.76 Å². The summed E-state index contributed by atoms with van der Waals surface area (Å²) in [7, 11) is 3.16. The molecule has 1 unspecified atom stereocenters. The van der Waals surface area contributed by atoms with Crippen LogP contribution in [0.15, 0.2) is 34.9 Å². The Morgan fingerprint density at radius 1 is 1.34 bits per heavy atom. The number of carbonyl (C=O) groups is 2. The molecule has 2 aromatic heterocycles. The highest BCUT2D eigenvalue weighted by atomic mass is 16.5. The Hall–Kier alpha value is -3.89. The van der Waals surface area contributed by atoms with Crippen molar-refractivity contribution < 1.29 is 28.2 Å². The molecule has 1 aliphatic rings. The largest absolute Gasteiger partial charge is 0.460 e. The van der Waals surface area contributed by atoms with Crippen LogP contribution in [0.2, 0.25) is 0 Å². The first-order chi connectivity index (χ1) is 16.9. The number of nitrogens with one attached hydrogen (secondary N) is 3. The van der Waals surface area contributed by atoms with E-state index in [0.717, 1.165) is 6.21 Å². The molecule has 10 nitrogen and oxygen atoms in total. The van der Waals surface area contributed by atoms with E-state index in [1.165, 1.54) is 6.08 Å². The van der Waals surface area contributed by atoms with Crippen molar-refractivity contribution in [2.45, 2.75) is 19.9 Å². The van der Waals surface area contributed by atoms with Gasteiger partial charge >= 0.3 is 0 Å². The highest BCUT2D eigenvalue weighted by molar-refractivity contribution is 6.07. The molecular formula is C25H28N4O6. The zero-order chi connectivity index (χ0) is 25.1. The molecule has 2 amide bonds. The summed E-state index contributed by atoms with van der Waals surface area (Å²) < 4.78 is 22.5. The number of hydrogen-bond acceptors (Lipinski definition) is 7. The molecule has 1 fully saturated rings. The van der Waals surface area contributed by atoms with E-state index >= 15 is 0 Å². The fraction of sp³-hybridized carbons (Fsp3) is 0.320. The van der Waals surface area contributed by atoms with Gasteiger partial charge in [0, 0.05) is 44.1 Å². The molecule has 1 saturated heterocycles. The maximum atomic E-state index is 13.2. The maximum absolute atomic E-state index is 13.2. The van der Waals surface area contributed by atoms with Gasteiger partial charge in [-0.25, -0.2) is 0 Å². The smallest absolute Gasteiger partial charge is 0.257 e. The van der Waals surface area contributed by atoms with Crippen LogP contribution < -0.4 is 10.1 Å². The van der Waals surface area contributed by atoms with E-state index in [9.17, 15) is 9.59 Å².